The summed E-state index contributed by atoms with van der Waals surface area (Å²) in [5, 5.41) is 8.34. The smallest absolute Gasteiger partial charge is 0.303 e. The van der Waals surface area contributed by atoms with E-state index >= 15 is 0 Å². The van der Waals surface area contributed by atoms with Crippen LogP contribution in [0, 0.1) is 5.92 Å². The Kier molecular flexibility index (Phi) is 4.12. The SMILES string of the molecule is Cl.O=C(O)CC1C=CCC1. The molecule has 0 spiro atoms. The fourth-order valence-electron chi connectivity index (χ4n) is 1.09. The number of hydrogen-bond acceptors (Lipinski definition) is 1. The van der Waals surface area contributed by atoms with Gasteiger partial charge in [-0.25, -0.2) is 0 Å². The fourth-order valence-corrected chi connectivity index (χ4v) is 1.09. The van der Waals surface area contributed by atoms with Gasteiger partial charge in [0.05, 0.1) is 6.42 Å². The highest BCUT2D eigenvalue weighted by Crippen LogP contribution is 2.19. The minimum absolute atomic E-state index is 0. The maximum Gasteiger partial charge on any atom is 0.303 e. The number of rotatable bonds is 2. The highest BCUT2D eigenvalue weighted by Gasteiger charge is 2.11. The molecule has 0 saturated carbocycles. The van der Waals surface area contributed by atoms with Crippen molar-refractivity contribution in [2.45, 2.75) is 19.3 Å². The van der Waals surface area contributed by atoms with Crippen molar-refractivity contribution in [1.29, 1.82) is 0 Å². The molecule has 0 heterocycles. The number of allylic oxidation sites excluding steroid dienone is 2. The highest BCUT2D eigenvalue weighted by atomic mass is 35.5. The van der Waals surface area contributed by atoms with Gasteiger partial charge in [0.1, 0.15) is 0 Å². The van der Waals surface area contributed by atoms with E-state index in [9.17, 15) is 4.79 Å². The van der Waals surface area contributed by atoms with E-state index in [1.54, 1.807) is 0 Å². The highest BCUT2D eigenvalue weighted by molar-refractivity contribution is 5.85. The van der Waals surface area contributed by atoms with Crippen molar-refractivity contribution in [3.05, 3.63) is 12.2 Å². The van der Waals surface area contributed by atoms with Crippen LogP contribution >= 0.6 is 12.4 Å². The van der Waals surface area contributed by atoms with Crippen LogP contribution in [-0.4, -0.2) is 11.1 Å². The summed E-state index contributed by atoms with van der Waals surface area (Å²) in [6.45, 7) is 0. The van der Waals surface area contributed by atoms with Gasteiger partial charge < -0.3 is 5.11 Å². The zero-order valence-electron chi connectivity index (χ0n) is 5.62. The quantitative estimate of drug-likeness (QED) is 0.630. The van der Waals surface area contributed by atoms with Gasteiger partial charge in [-0.15, -0.1) is 12.4 Å². The predicted molar refractivity (Wildman–Crippen MR) is 41.4 cm³/mol. The molecule has 0 radical (unpaired) electrons. The third kappa shape index (κ3) is 2.87. The Balaban J connectivity index is 0.000000810. The molecule has 0 bridgehead atoms. The first-order valence-electron chi connectivity index (χ1n) is 3.17. The molecule has 2 nitrogen and oxygen atoms in total. The van der Waals surface area contributed by atoms with Crippen LogP contribution < -0.4 is 0 Å². The van der Waals surface area contributed by atoms with Crippen LogP contribution in [0.5, 0.6) is 0 Å². The average molecular weight is 163 g/mol. The van der Waals surface area contributed by atoms with Crippen molar-refractivity contribution in [2.24, 2.45) is 5.92 Å². The van der Waals surface area contributed by atoms with Gasteiger partial charge in [-0.3, -0.25) is 4.79 Å². The summed E-state index contributed by atoms with van der Waals surface area (Å²) in [7, 11) is 0. The van der Waals surface area contributed by atoms with Crippen molar-refractivity contribution in [2.75, 3.05) is 0 Å². The predicted octanol–water partition coefficient (Wildman–Crippen LogP) is 1.85. The Labute approximate surface area is 66.3 Å². The third-order valence-corrected chi connectivity index (χ3v) is 1.55. The monoisotopic (exact) mass is 162 g/mol. The van der Waals surface area contributed by atoms with E-state index in [2.05, 4.69) is 0 Å². The van der Waals surface area contributed by atoms with Gasteiger partial charge >= 0.3 is 5.97 Å². The second-order valence-electron chi connectivity index (χ2n) is 2.36. The lowest BCUT2D eigenvalue weighted by Gasteiger charge is -1.99. The van der Waals surface area contributed by atoms with Crippen molar-refractivity contribution >= 4 is 18.4 Å². The topological polar surface area (TPSA) is 37.3 Å². The molecule has 0 aromatic rings. The van der Waals surface area contributed by atoms with E-state index < -0.39 is 5.97 Å². The molecule has 1 aliphatic carbocycles. The molecule has 1 unspecified atom stereocenters. The summed E-state index contributed by atoms with van der Waals surface area (Å²) in [5.41, 5.74) is 0. The molecule has 10 heavy (non-hydrogen) atoms. The molecule has 1 aliphatic rings. The fraction of sp³-hybridized carbons (Fsp3) is 0.571. The van der Waals surface area contributed by atoms with E-state index in [4.69, 9.17) is 5.11 Å². The number of aliphatic carboxylic acids is 1. The van der Waals surface area contributed by atoms with Gasteiger partial charge in [0.2, 0.25) is 0 Å². The van der Waals surface area contributed by atoms with Crippen molar-refractivity contribution in [1.82, 2.24) is 0 Å². The number of hydrogen-bond donors (Lipinski definition) is 1. The van der Waals surface area contributed by atoms with Crippen LogP contribution in [-0.2, 0) is 4.79 Å². The Hall–Kier alpha value is -0.500. The largest absolute Gasteiger partial charge is 0.481 e. The summed E-state index contributed by atoms with van der Waals surface area (Å²) in [4.78, 5) is 10.1. The van der Waals surface area contributed by atoms with Crippen molar-refractivity contribution < 1.29 is 9.90 Å². The Morgan fingerprint density at radius 3 is 2.80 bits per heavy atom. The Morgan fingerprint density at radius 2 is 2.40 bits per heavy atom. The maximum absolute atomic E-state index is 10.1. The summed E-state index contributed by atoms with van der Waals surface area (Å²) >= 11 is 0. The van der Waals surface area contributed by atoms with Crippen LogP contribution in [0.25, 0.3) is 0 Å². The van der Waals surface area contributed by atoms with E-state index in [-0.39, 0.29) is 12.4 Å². The molecular formula is C7H11ClO2. The number of halogens is 1. The van der Waals surface area contributed by atoms with Gasteiger partial charge in [0, 0.05) is 0 Å². The lowest BCUT2D eigenvalue weighted by molar-refractivity contribution is -0.137. The molecular weight excluding hydrogens is 152 g/mol. The first-order valence-corrected chi connectivity index (χ1v) is 3.17. The second-order valence-corrected chi connectivity index (χ2v) is 2.36. The molecule has 0 aromatic heterocycles. The normalized spacial score (nSPS) is 22.2. The Bertz CT molecular complexity index is 143. The number of carboxylic acid groups (broad SMARTS) is 1. The summed E-state index contributed by atoms with van der Waals surface area (Å²) in [6, 6.07) is 0. The van der Waals surface area contributed by atoms with Gasteiger partial charge in [-0.05, 0) is 18.8 Å². The minimum atomic E-state index is -0.688. The number of carbonyl (C=O) groups is 1. The lowest BCUT2D eigenvalue weighted by atomic mass is 10.1. The lowest BCUT2D eigenvalue weighted by Crippen LogP contribution is -2.01. The molecule has 1 rings (SSSR count). The van der Waals surface area contributed by atoms with E-state index in [1.807, 2.05) is 12.2 Å². The molecule has 1 N–H and O–H groups in total. The van der Waals surface area contributed by atoms with Gasteiger partial charge in [0.25, 0.3) is 0 Å². The molecule has 58 valence electrons. The summed E-state index contributed by atoms with van der Waals surface area (Å²) in [5.74, 6) is -0.381. The first-order chi connectivity index (χ1) is 4.29. The minimum Gasteiger partial charge on any atom is -0.481 e. The Morgan fingerprint density at radius 1 is 1.70 bits per heavy atom. The second kappa shape index (κ2) is 4.34. The molecule has 3 heteroatoms. The van der Waals surface area contributed by atoms with Crippen molar-refractivity contribution in [3.63, 3.8) is 0 Å². The average Bonchev–Trinajstić information content (AvgIpc) is 2.15. The molecule has 0 saturated heterocycles. The van der Waals surface area contributed by atoms with Crippen LogP contribution in [0.4, 0.5) is 0 Å². The zero-order chi connectivity index (χ0) is 6.69. The zero-order valence-corrected chi connectivity index (χ0v) is 6.43. The standard InChI is InChI=1S/C7H10O2.ClH/c8-7(9)5-6-3-1-2-4-6;/h1,3,6H,2,4-5H2,(H,8,9);1H. The van der Waals surface area contributed by atoms with Gasteiger partial charge in [-0.1, -0.05) is 12.2 Å². The van der Waals surface area contributed by atoms with Crippen LogP contribution in [0.2, 0.25) is 0 Å². The van der Waals surface area contributed by atoms with Gasteiger partial charge in [0.15, 0.2) is 0 Å². The summed E-state index contributed by atoms with van der Waals surface area (Å²) < 4.78 is 0. The van der Waals surface area contributed by atoms with E-state index in [1.165, 1.54) is 0 Å². The third-order valence-electron chi connectivity index (χ3n) is 1.55. The summed E-state index contributed by atoms with van der Waals surface area (Å²) in [6.07, 6.45) is 6.42. The maximum atomic E-state index is 10.1. The molecule has 0 amide bonds. The molecule has 0 aliphatic heterocycles. The molecule has 1 atom stereocenters. The van der Waals surface area contributed by atoms with E-state index in [0.717, 1.165) is 12.8 Å². The molecule has 0 fully saturated rings. The van der Waals surface area contributed by atoms with Crippen LogP contribution in [0.1, 0.15) is 19.3 Å². The van der Waals surface area contributed by atoms with Gasteiger partial charge in [-0.2, -0.15) is 0 Å². The first kappa shape index (κ1) is 9.50. The number of carboxylic acids is 1. The molecule has 0 aromatic carbocycles. The van der Waals surface area contributed by atoms with Crippen LogP contribution in [0.15, 0.2) is 12.2 Å². The van der Waals surface area contributed by atoms with Crippen LogP contribution in [0.3, 0.4) is 0 Å². The van der Waals surface area contributed by atoms with Crippen molar-refractivity contribution in [3.8, 4) is 0 Å². The van der Waals surface area contributed by atoms with E-state index in [0.29, 0.717) is 12.3 Å².